The molecule has 96 valence electrons. The quantitative estimate of drug-likeness (QED) is 0.760. The molecule has 2 saturated carbocycles. The molecule has 17 heavy (non-hydrogen) atoms. The Balaban J connectivity index is 1.46. The Morgan fingerprint density at radius 1 is 1.12 bits per heavy atom. The van der Waals surface area contributed by atoms with Crippen molar-refractivity contribution >= 4 is 6.03 Å². The fourth-order valence-electron chi connectivity index (χ4n) is 4.02. The lowest BCUT2D eigenvalue weighted by molar-refractivity contribution is 0.178. The molecule has 4 heteroatoms. The predicted octanol–water partition coefficient (Wildman–Crippen LogP) is 1.31. The van der Waals surface area contributed by atoms with Gasteiger partial charge in [-0.15, -0.1) is 0 Å². The van der Waals surface area contributed by atoms with Crippen molar-refractivity contribution in [2.45, 2.75) is 50.6 Å². The van der Waals surface area contributed by atoms with E-state index in [0.29, 0.717) is 6.04 Å². The summed E-state index contributed by atoms with van der Waals surface area (Å²) in [6.45, 7) is 1.65. The molecule has 1 aliphatic heterocycles. The highest BCUT2D eigenvalue weighted by molar-refractivity contribution is 5.72. The maximum Gasteiger partial charge on any atom is 0.314 e. The number of nitrogens with two attached hydrogens (primary N) is 1. The third-order valence-corrected chi connectivity index (χ3v) is 4.99. The Labute approximate surface area is 103 Å². The van der Waals surface area contributed by atoms with Gasteiger partial charge in [-0.3, -0.25) is 0 Å². The first kappa shape index (κ1) is 11.3. The Bertz CT molecular complexity index is 299. The molecule has 2 bridgehead atoms. The van der Waals surface area contributed by atoms with Crippen LogP contribution < -0.4 is 11.1 Å². The molecule has 3 rings (SSSR count). The minimum Gasteiger partial charge on any atom is -0.351 e. The van der Waals surface area contributed by atoms with Gasteiger partial charge in [0.2, 0.25) is 0 Å². The van der Waals surface area contributed by atoms with E-state index >= 15 is 0 Å². The van der Waals surface area contributed by atoms with Crippen molar-refractivity contribution in [1.29, 1.82) is 0 Å². The third-order valence-electron chi connectivity index (χ3n) is 4.99. The van der Waals surface area contributed by atoms with Gasteiger partial charge in [0.05, 0.1) is 0 Å². The van der Waals surface area contributed by atoms with Gasteiger partial charge in [-0.25, -0.2) is 4.79 Å². The normalized spacial score (nSPS) is 37.6. The van der Waals surface area contributed by atoms with Gasteiger partial charge in [0.15, 0.2) is 0 Å². The van der Waals surface area contributed by atoms with Crippen molar-refractivity contribution in [2.75, 3.05) is 13.1 Å². The lowest BCUT2D eigenvalue weighted by Gasteiger charge is -2.35. The molecule has 2 aliphatic carbocycles. The van der Waals surface area contributed by atoms with E-state index in [9.17, 15) is 4.79 Å². The maximum absolute atomic E-state index is 11.0. The second-order valence-corrected chi connectivity index (χ2v) is 6.05. The summed E-state index contributed by atoms with van der Waals surface area (Å²) >= 11 is 0. The molecule has 0 aromatic heterocycles. The molecule has 0 aromatic carbocycles. The Hall–Kier alpha value is -0.770. The van der Waals surface area contributed by atoms with Crippen molar-refractivity contribution in [1.82, 2.24) is 10.2 Å². The van der Waals surface area contributed by atoms with Crippen LogP contribution in [0.1, 0.15) is 38.5 Å². The summed E-state index contributed by atoms with van der Waals surface area (Å²) in [5, 5.41) is 3.83. The van der Waals surface area contributed by atoms with E-state index in [2.05, 4.69) is 5.32 Å². The van der Waals surface area contributed by atoms with Crippen LogP contribution in [0.4, 0.5) is 4.79 Å². The van der Waals surface area contributed by atoms with E-state index in [-0.39, 0.29) is 6.03 Å². The number of hydrogen-bond acceptors (Lipinski definition) is 2. The van der Waals surface area contributed by atoms with Crippen molar-refractivity contribution in [3.8, 4) is 0 Å². The average Bonchev–Trinajstić information content (AvgIpc) is 2.91. The molecular formula is C13H23N3O. The summed E-state index contributed by atoms with van der Waals surface area (Å²) in [6, 6.07) is 1.11. The minimum absolute atomic E-state index is 0.261. The second kappa shape index (κ2) is 4.48. The van der Waals surface area contributed by atoms with Gasteiger partial charge in [0.1, 0.15) is 0 Å². The molecule has 0 spiro atoms. The first-order valence-electron chi connectivity index (χ1n) is 7.03. The zero-order valence-electron chi connectivity index (χ0n) is 10.4. The summed E-state index contributed by atoms with van der Waals surface area (Å²) in [5.74, 6) is 1.94. The van der Waals surface area contributed by atoms with Crippen molar-refractivity contribution in [3.63, 3.8) is 0 Å². The highest BCUT2D eigenvalue weighted by Gasteiger charge is 2.40. The van der Waals surface area contributed by atoms with E-state index in [1.807, 2.05) is 0 Å². The molecule has 1 saturated heterocycles. The number of carbonyl (C=O) groups is 1. The third kappa shape index (κ3) is 2.28. The molecule has 1 heterocycles. The number of hydrogen-bond donors (Lipinski definition) is 2. The van der Waals surface area contributed by atoms with Crippen LogP contribution in [-0.4, -0.2) is 36.1 Å². The first-order valence-corrected chi connectivity index (χ1v) is 7.03. The summed E-state index contributed by atoms with van der Waals surface area (Å²) in [6.07, 6.45) is 7.87. The molecule has 0 radical (unpaired) electrons. The van der Waals surface area contributed by atoms with Gasteiger partial charge in [-0.1, -0.05) is 6.42 Å². The van der Waals surface area contributed by atoms with Crippen LogP contribution in [-0.2, 0) is 0 Å². The molecule has 3 aliphatic rings. The molecule has 3 atom stereocenters. The van der Waals surface area contributed by atoms with Crippen LogP contribution in [0.15, 0.2) is 0 Å². The number of rotatable bonds is 2. The number of nitrogens with zero attached hydrogens (tertiary/aromatic N) is 1. The number of urea groups is 1. The average molecular weight is 237 g/mol. The highest BCUT2D eigenvalue weighted by Crippen LogP contribution is 2.44. The lowest BCUT2D eigenvalue weighted by atomic mass is 9.93. The highest BCUT2D eigenvalue weighted by atomic mass is 16.2. The number of amides is 2. The van der Waals surface area contributed by atoms with E-state index < -0.39 is 0 Å². The van der Waals surface area contributed by atoms with Gasteiger partial charge in [0, 0.05) is 25.2 Å². The van der Waals surface area contributed by atoms with Crippen molar-refractivity contribution < 1.29 is 4.79 Å². The van der Waals surface area contributed by atoms with Crippen LogP contribution in [0.2, 0.25) is 0 Å². The topological polar surface area (TPSA) is 58.4 Å². The van der Waals surface area contributed by atoms with Crippen molar-refractivity contribution in [3.05, 3.63) is 0 Å². The van der Waals surface area contributed by atoms with E-state index in [1.165, 1.54) is 25.7 Å². The number of nitrogens with one attached hydrogen (secondary N) is 1. The van der Waals surface area contributed by atoms with Crippen LogP contribution >= 0.6 is 0 Å². The standard InChI is InChI=1S/C13H23N3O/c14-13(17)16-5-3-11(4-6-16)15-12-8-9-1-2-10(12)7-9/h9-12,15H,1-8H2,(H2,14,17). The molecule has 3 N–H and O–H groups in total. The smallest absolute Gasteiger partial charge is 0.314 e. The monoisotopic (exact) mass is 237 g/mol. The predicted molar refractivity (Wildman–Crippen MR) is 66.6 cm³/mol. The molecule has 4 nitrogen and oxygen atoms in total. The molecule has 0 aromatic rings. The number of likely N-dealkylation sites (tertiary alicyclic amines) is 1. The first-order chi connectivity index (χ1) is 8.22. The van der Waals surface area contributed by atoms with Gasteiger partial charge in [0.25, 0.3) is 0 Å². The number of piperidine rings is 1. The minimum atomic E-state index is -0.261. The summed E-state index contributed by atoms with van der Waals surface area (Å²) < 4.78 is 0. The Kier molecular flexibility index (Phi) is 2.99. The zero-order chi connectivity index (χ0) is 11.8. The molecule has 3 fully saturated rings. The summed E-state index contributed by atoms with van der Waals surface area (Å²) in [5.41, 5.74) is 5.29. The number of primary amides is 1. The Morgan fingerprint density at radius 2 is 1.88 bits per heavy atom. The van der Waals surface area contributed by atoms with Crippen LogP contribution in [0.25, 0.3) is 0 Å². The second-order valence-electron chi connectivity index (χ2n) is 6.05. The van der Waals surface area contributed by atoms with Gasteiger partial charge >= 0.3 is 6.03 Å². The maximum atomic E-state index is 11.0. The lowest BCUT2D eigenvalue weighted by Crippen LogP contribution is -2.50. The van der Waals surface area contributed by atoms with Crippen LogP contribution in [0.3, 0.4) is 0 Å². The number of fused-ring (bicyclic) bond motifs is 2. The summed E-state index contributed by atoms with van der Waals surface area (Å²) in [4.78, 5) is 12.8. The molecular weight excluding hydrogens is 214 g/mol. The SMILES string of the molecule is NC(=O)N1CCC(NC2CC3CCC2C3)CC1. The fraction of sp³-hybridized carbons (Fsp3) is 0.923. The van der Waals surface area contributed by atoms with Crippen molar-refractivity contribution in [2.24, 2.45) is 17.6 Å². The van der Waals surface area contributed by atoms with Crippen LogP contribution in [0.5, 0.6) is 0 Å². The van der Waals surface area contributed by atoms with Gasteiger partial charge in [-0.2, -0.15) is 0 Å². The number of carbonyl (C=O) groups excluding carboxylic acids is 1. The molecule has 2 amide bonds. The van der Waals surface area contributed by atoms with Gasteiger partial charge in [-0.05, 0) is 43.9 Å². The Morgan fingerprint density at radius 3 is 2.41 bits per heavy atom. The largest absolute Gasteiger partial charge is 0.351 e. The zero-order valence-corrected chi connectivity index (χ0v) is 10.4. The van der Waals surface area contributed by atoms with E-state index in [0.717, 1.165) is 43.8 Å². The fourth-order valence-corrected chi connectivity index (χ4v) is 4.02. The summed E-state index contributed by atoms with van der Waals surface area (Å²) in [7, 11) is 0. The van der Waals surface area contributed by atoms with Crippen LogP contribution in [0, 0.1) is 11.8 Å². The van der Waals surface area contributed by atoms with E-state index in [1.54, 1.807) is 4.90 Å². The van der Waals surface area contributed by atoms with Gasteiger partial charge < -0.3 is 16.0 Å². The van der Waals surface area contributed by atoms with E-state index in [4.69, 9.17) is 5.73 Å². The molecule has 3 unspecified atom stereocenters.